The van der Waals surface area contributed by atoms with Gasteiger partial charge >= 0.3 is 0 Å². The molecule has 0 amide bonds. The molecule has 0 radical (unpaired) electrons. The Morgan fingerprint density at radius 3 is 1.63 bits per heavy atom. The fourth-order valence-corrected chi connectivity index (χ4v) is 3.18. The molecule has 0 aromatic heterocycles. The first kappa shape index (κ1) is 26.3. The smallest absolute Gasteiger partial charge is 0.104 e. The number of quaternary nitrogens is 1. The first-order valence-corrected chi connectivity index (χ1v) is 11.7. The van der Waals surface area contributed by atoms with Gasteiger partial charge in [0.25, 0.3) is 0 Å². The van der Waals surface area contributed by atoms with Crippen LogP contribution < -0.4 is 14.7 Å². The van der Waals surface area contributed by atoms with E-state index in [0.29, 0.717) is 0 Å². The number of hydrogen-bond acceptors (Lipinski definition) is 4. The largest absolute Gasteiger partial charge is 0.822 e. The van der Waals surface area contributed by atoms with Crippen molar-refractivity contribution in [1.29, 1.82) is 0 Å². The zero-order valence-electron chi connectivity index (χ0n) is 17.4. The Kier molecular flexibility index (Phi) is 14.8. The van der Waals surface area contributed by atoms with E-state index < -0.39 is 7.82 Å². The maximum Gasteiger partial charge on any atom is 0.104 e. The molecule has 0 N–H and O–H groups in total. The number of rotatable bonds is 13. The van der Waals surface area contributed by atoms with Gasteiger partial charge in [0.05, 0.1) is 20.6 Å². The lowest BCUT2D eigenvalue weighted by Gasteiger charge is -2.36. The van der Waals surface area contributed by atoms with Gasteiger partial charge in [-0.3, -0.25) is 0 Å². The van der Waals surface area contributed by atoms with Crippen molar-refractivity contribution >= 4 is 7.82 Å². The average molecular weight is 400 g/mol. The van der Waals surface area contributed by atoms with Gasteiger partial charge in [-0.25, -0.2) is 0 Å². The molecule has 0 aliphatic heterocycles. The van der Waals surface area contributed by atoms with Crippen LogP contribution in [0.25, 0.3) is 0 Å². The van der Waals surface area contributed by atoms with E-state index in [2.05, 4.69) is 51.4 Å². The summed E-state index contributed by atoms with van der Waals surface area (Å²) in [5.74, 6) is 0. The average Bonchev–Trinajstić information content (AvgIpc) is 2.55. The molecule has 1 aromatic rings. The Morgan fingerprint density at radius 1 is 0.778 bits per heavy atom. The van der Waals surface area contributed by atoms with E-state index in [1.807, 2.05) is 0 Å². The lowest BCUT2D eigenvalue weighted by molar-refractivity contribution is -0.903. The zero-order chi connectivity index (χ0) is 20.6. The van der Waals surface area contributed by atoms with Crippen LogP contribution >= 0.6 is 7.82 Å². The Labute approximate surface area is 166 Å². The first-order valence-electron chi connectivity index (χ1n) is 10.2. The van der Waals surface area contributed by atoms with Crippen molar-refractivity contribution in [1.82, 2.24) is 0 Å². The SMILES string of the molecule is CCCCCCCCCCCC[N+](C)(C)Cc1ccccc1.O=P([O-])([O-])[O-]. The minimum atomic E-state index is -5.39. The number of unbranched alkanes of at least 4 members (excludes halogenated alkanes) is 9. The molecule has 158 valence electrons. The molecule has 0 atom stereocenters. The van der Waals surface area contributed by atoms with Crippen molar-refractivity contribution in [2.75, 3.05) is 20.6 Å². The van der Waals surface area contributed by atoms with Gasteiger partial charge in [0, 0.05) is 5.56 Å². The molecule has 5 nitrogen and oxygen atoms in total. The molecule has 6 heteroatoms. The monoisotopic (exact) mass is 399 g/mol. The summed E-state index contributed by atoms with van der Waals surface area (Å²) in [5, 5.41) is 0. The van der Waals surface area contributed by atoms with Crippen LogP contribution in [0.4, 0.5) is 0 Å². The molecular formula is C21H38NO4P-2. The van der Waals surface area contributed by atoms with E-state index >= 15 is 0 Å². The molecular weight excluding hydrogens is 361 g/mol. The minimum absolute atomic E-state index is 1.11. The Bertz CT molecular complexity index is 494. The van der Waals surface area contributed by atoms with Crippen LogP contribution in [0.5, 0.6) is 0 Å². The highest BCUT2D eigenvalue weighted by Gasteiger charge is 2.14. The van der Waals surface area contributed by atoms with Crippen molar-refractivity contribution in [3.63, 3.8) is 0 Å². The van der Waals surface area contributed by atoms with Gasteiger partial charge in [0.1, 0.15) is 6.54 Å². The fraction of sp³-hybridized carbons (Fsp3) is 0.714. The van der Waals surface area contributed by atoms with Gasteiger partial charge in [0.2, 0.25) is 0 Å². The second-order valence-corrected chi connectivity index (χ2v) is 8.83. The molecule has 0 heterocycles. The minimum Gasteiger partial charge on any atom is -0.822 e. The molecule has 1 rings (SSSR count). The quantitative estimate of drug-likeness (QED) is 0.289. The highest BCUT2D eigenvalue weighted by Crippen LogP contribution is 2.14. The summed E-state index contributed by atoms with van der Waals surface area (Å²) in [6, 6.07) is 10.9. The standard InChI is InChI=1S/C21H38N.H3O4P/c1-4-5-6-7-8-9-10-11-12-16-19-22(2,3)20-21-17-14-13-15-18-21;1-5(2,3)4/h13-15,17-18H,4-12,16,19-20H2,1-3H3;(H3,1,2,3,4)/q+1;/p-3. The zero-order valence-corrected chi connectivity index (χ0v) is 18.3. The second kappa shape index (κ2) is 15.2. The Morgan fingerprint density at radius 2 is 1.19 bits per heavy atom. The summed E-state index contributed by atoms with van der Waals surface area (Å²) in [7, 11) is -0.665. The van der Waals surface area contributed by atoms with Crippen molar-refractivity contribution in [2.24, 2.45) is 0 Å². The van der Waals surface area contributed by atoms with E-state index in [-0.39, 0.29) is 0 Å². The van der Waals surface area contributed by atoms with Gasteiger partial charge in [-0.2, -0.15) is 7.82 Å². The van der Waals surface area contributed by atoms with Crippen LogP contribution in [-0.4, -0.2) is 25.1 Å². The highest BCUT2D eigenvalue weighted by atomic mass is 31.2. The van der Waals surface area contributed by atoms with Crippen molar-refractivity contribution in [2.45, 2.75) is 77.7 Å². The van der Waals surface area contributed by atoms with E-state index in [9.17, 15) is 0 Å². The van der Waals surface area contributed by atoms with Gasteiger partial charge in [-0.05, 0) is 12.8 Å². The van der Waals surface area contributed by atoms with Crippen LogP contribution in [0.1, 0.15) is 76.7 Å². The second-order valence-electron chi connectivity index (χ2n) is 7.93. The normalized spacial score (nSPS) is 11.8. The highest BCUT2D eigenvalue weighted by molar-refractivity contribution is 7.40. The van der Waals surface area contributed by atoms with Crippen molar-refractivity contribution in [3.8, 4) is 0 Å². The van der Waals surface area contributed by atoms with E-state index in [0.717, 1.165) is 11.0 Å². The third-order valence-corrected chi connectivity index (χ3v) is 4.57. The third kappa shape index (κ3) is 21.4. The summed E-state index contributed by atoms with van der Waals surface area (Å²) in [5.41, 5.74) is 1.46. The molecule has 0 saturated carbocycles. The fourth-order valence-electron chi connectivity index (χ4n) is 3.18. The Hall–Kier alpha value is -0.710. The molecule has 0 fully saturated rings. The van der Waals surface area contributed by atoms with Crippen molar-refractivity contribution in [3.05, 3.63) is 35.9 Å². The predicted molar refractivity (Wildman–Crippen MR) is 107 cm³/mol. The molecule has 0 aliphatic rings. The molecule has 1 aromatic carbocycles. The number of phosphoric acid groups is 1. The number of nitrogens with zero attached hydrogens (tertiary/aromatic N) is 1. The Balaban J connectivity index is 0.00000119. The molecule has 0 aliphatic carbocycles. The first-order chi connectivity index (χ1) is 12.6. The van der Waals surface area contributed by atoms with Crippen LogP contribution in [-0.2, 0) is 11.1 Å². The molecule has 0 unspecified atom stereocenters. The van der Waals surface area contributed by atoms with Crippen molar-refractivity contribution < 1.29 is 23.7 Å². The van der Waals surface area contributed by atoms with Crippen LogP contribution in [0.2, 0.25) is 0 Å². The van der Waals surface area contributed by atoms with Gasteiger partial charge < -0.3 is 23.7 Å². The summed E-state index contributed by atoms with van der Waals surface area (Å²) < 4.78 is 9.66. The molecule has 0 spiro atoms. The molecule has 0 saturated heterocycles. The molecule has 0 bridgehead atoms. The van der Waals surface area contributed by atoms with Crippen LogP contribution in [0.3, 0.4) is 0 Å². The maximum atomic E-state index is 8.55. The third-order valence-electron chi connectivity index (χ3n) is 4.57. The predicted octanol–water partition coefficient (Wildman–Crippen LogP) is 3.36. The van der Waals surface area contributed by atoms with Gasteiger partial charge in [-0.1, -0.05) is 88.6 Å². The lowest BCUT2D eigenvalue weighted by Crippen LogP contribution is -2.39. The van der Waals surface area contributed by atoms with E-state index in [1.54, 1.807) is 0 Å². The van der Waals surface area contributed by atoms with E-state index in [1.165, 1.54) is 76.3 Å². The summed E-state index contributed by atoms with van der Waals surface area (Å²) in [6.45, 7) is 4.74. The van der Waals surface area contributed by atoms with Gasteiger partial charge in [0.15, 0.2) is 0 Å². The number of hydrogen-bond donors (Lipinski definition) is 0. The van der Waals surface area contributed by atoms with Crippen LogP contribution in [0.15, 0.2) is 30.3 Å². The lowest BCUT2D eigenvalue weighted by atomic mass is 10.1. The summed E-state index contributed by atoms with van der Waals surface area (Å²) in [6.07, 6.45) is 14.2. The summed E-state index contributed by atoms with van der Waals surface area (Å²) in [4.78, 5) is 25.6. The maximum absolute atomic E-state index is 8.55. The summed E-state index contributed by atoms with van der Waals surface area (Å²) >= 11 is 0. The van der Waals surface area contributed by atoms with Crippen LogP contribution in [0, 0.1) is 0 Å². The van der Waals surface area contributed by atoms with Gasteiger partial charge in [-0.15, -0.1) is 0 Å². The molecule has 27 heavy (non-hydrogen) atoms. The number of benzene rings is 1. The van der Waals surface area contributed by atoms with E-state index in [4.69, 9.17) is 19.2 Å². The topological polar surface area (TPSA) is 86.2 Å².